The van der Waals surface area contributed by atoms with Gasteiger partial charge in [-0.3, -0.25) is 9.59 Å². The molecule has 3 aliphatic carbocycles. The monoisotopic (exact) mass is 495 g/mol. The maximum absolute atomic E-state index is 13.2. The second-order valence-electron chi connectivity index (χ2n) is 10.3. The summed E-state index contributed by atoms with van der Waals surface area (Å²) < 4.78 is 11.7. The molecule has 3 fully saturated rings. The van der Waals surface area contributed by atoms with Crippen LogP contribution < -0.4 is 21.1 Å². The van der Waals surface area contributed by atoms with Crippen molar-refractivity contribution in [3.05, 3.63) is 71.3 Å². The zero-order valence-electron chi connectivity index (χ0n) is 21.1. The summed E-state index contributed by atoms with van der Waals surface area (Å²) in [6, 6.07) is 16.9. The van der Waals surface area contributed by atoms with Crippen molar-refractivity contribution in [3.63, 3.8) is 0 Å². The first kappa shape index (κ1) is 23.2. The SMILES string of the molecule is CNC(=O)c1c(-c2ccc(C)cc2)oc2cc(N)c(-c3ccc(OC)c(C(=O)NC45CC(C4)C5)c3)cc12. The van der Waals surface area contributed by atoms with E-state index in [0.717, 1.165) is 41.9 Å². The summed E-state index contributed by atoms with van der Waals surface area (Å²) >= 11 is 0. The Morgan fingerprint density at radius 3 is 2.32 bits per heavy atom. The number of nitrogens with one attached hydrogen (secondary N) is 2. The lowest BCUT2D eigenvalue weighted by Gasteiger charge is -2.61. The Kier molecular flexibility index (Phi) is 5.26. The van der Waals surface area contributed by atoms with Crippen LogP contribution >= 0.6 is 0 Å². The third kappa shape index (κ3) is 3.73. The highest BCUT2D eigenvalue weighted by atomic mass is 16.5. The molecule has 37 heavy (non-hydrogen) atoms. The van der Waals surface area contributed by atoms with Crippen molar-refractivity contribution in [2.75, 3.05) is 19.9 Å². The van der Waals surface area contributed by atoms with Crippen molar-refractivity contribution >= 4 is 28.5 Å². The molecule has 7 nitrogen and oxygen atoms in total. The van der Waals surface area contributed by atoms with E-state index in [9.17, 15) is 9.59 Å². The lowest BCUT2D eigenvalue weighted by atomic mass is 9.50. The standard InChI is InChI=1S/C30H29N3O4/c1-16-4-6-18(7-5-16)27-26(29(35)32-2)21-11-20(23(31)12-25(21)37-27)19-8-9-24(36-3)22(10-19)28(34)33-30-13-17(14-30)15-30/h4-12,17H,13-15,31H2,1-3H3,(H,32,35)(H,33,34). The van der Waals surface area contributed by atoms with Crippen molar-refractivity contribution < 1.29 is 18.7 Å². The first-order chi connectivity index (χ1) is 17.8. The fourth-order valence-corrected chi connectivity index (χ4v) is 5.66. The number of furan rings is 1. The van der Waals surface area contributed by atoms with Gasteiger partial charge in [-0.15, -0.1) is 0 Å². The van der Waals surface area contributed by atoms with E-state index in [4.69, 9.17) is 14.9 Å². The lowest BCUT2D eigenvalue weighted by Crippen LogP contribution is -2.68. The van der Waals surface area contributed by atoms with Gasteiger partial charge in [-0.25, -0.2) is 0 Å². The van der Waals surface area contributed by atoms with Crippen LogP contribution in [-0.4, -0.2) is 31.5 Å². The average molecular weight is 496 g/mol. The fraction of sp³-hybridized carbons (Fsp3) is 0.267. The summed E-state index contributed by atoms with van der Waals surface area (Å²) in [5, 5.41) is 6.59. The Bertz CT molecular complexity index is 1550. The summed E-state index contributed by atoms with van der Waals surface area (Å²) in [7, 11) is 3.15. The number of ether oxygens (including phenoxy) is 1. The molecule has 4 aromatic rings. The van der Waals surface area contributed by atoms with E-state index in [1.54, 1.807) is 32.4 Å². The van der Waals surface area contributed by atoms with Gasteiger partial charge in [0.15, 0.2) is 0 Å². The number of carbonyl (C=O) groups excluding carboxylic acids is 2. The molecule has 7 heteroatoms. The van der Waals surface area contributed by atoms with Gasteiger partial charge in [0.05, 0.1) is 18.2 Å². The third-order valence-corrected chi connectivity index (χ3v) is 7.80. The molecule has 0 unspecified atom stereocenters. The number of rotatable bonds is 6. The highest BCUT2D eigenvalue weighted by Gasteiger charge is 2.57. The second-order valence-corrected chi connectivity index (χ2v) is 10.3. The molecule has 188 valence electrons. The van der Waals surface area contributed by atoms with Gasteiger partial charge in [-0.2, -0.15) is 0 Å². The number of methoxy groups -OCH3 is 1. The maximum Gasteiger partial charge on any atom is 0.255 e. The van der Waals surface area contributed by atoms with E-state index in [-0.39, 0.29) is 17.4 Å². The zero-order chi connectivity index (χ0) is 25.9. The predicted molar refractivity (Wildman–Crippen MR) is 144 cm³/mol. The van der Waals surface area contributed by atoms with E-state index in [1.807, 2.05) is 43.3 Å². The van der Waals surface area contributed by atoms with Crippen LogP contribution in [0.2, 0.25) is 0 Å². The highest BCUT2D eigenvalue weighted by molar-refractivity contribution is 6.13. The van der Waals surface area contributed by atoms with Crippen molar-refractivity contribution in [1.82, 2.24) is 10.6 Å². The van der Waals surface area contributed by atoms with Gasteiger partial charge in [-0.1, -0.05) is 35.9 Å². The van der Waals surface area contributed by atoms with E-state index in [2.05, 4.69) is 10.6 Å². The maximum atomic E-state index is 13.2. The lowest BCUT2D eigenvalue weighted by molar-refractivity contribution is -0.0439. The van der Waals surface area contributed by atoms with Gasteiger partial charge >= 0.3 is 0 Å². The molecule has 0 radical (unpaired) electrons. The fourth-order valence-electron chi connectivity index (χ4n) is 5.66. The molecule has 1 heterocycles. The van der Waals surface area contributed by atoms with Gasteiger partial charge in [0, 0.05) is 40.9 Å². The summed E-state index contributed by atoms with van der Waals surface area (Å²) in [6.45, 7) is 2.01. The van der Waals surface area contributed by atoms with E-state index in [0.29, 0.717) is 44.9 Å². The predicted octanol–water partition coefficient (Wildman–Crippen LogP) is 5.31. The van der Waals surface area contributed by atoms with Crippen LogP contribution in [0, 0.1) is 12.8 Å². The van der Waals surface area contributed by atoms with Crippen LogP contribution in [0.4, 0.5) is 5.69 Å². The van der Waals surface area contributed by atoms with Crippen LogP contribution in [0.25, 0.3) is 33.4 Å². The molecular weight excluding hydrogens is 466 g/mol. The van der Waals surface area contributed by atoms with E-state index < -0.39 is 0 Å². The van der Waals surface area contributed by atoms with Gasteiger partial charge in [-0.05, 0) is 55.9 Å². The molecule has 7 rings (SSSR count). The average Bonchev–Trinajstić information content (AvgIpc) is 3.22. The second kappa shape index (κ2) is 8.40. The third-order valence-electron chi connectivity index (χ3n) is 7.80. The summed E-state index contributed by atoms with van der Waals surface area (Å²) in [6.07, 6.45) is 3.16. The zero-order valence-corrected chi connectivity index (χ0v) is 21.1. The molecule has 0 saturated heterocycles. The van der Waals surface area contributed by atoms with Crippen LogP contribution in [0.3, 0.4) is 0 Å². The Morgan fingerprint density at radius 2 is 1.70 bits per heavy atom. The number of anilines is 1. The van der Waals surface area contributed by atoms with Crippen LogP contribution in [0.1, 0.15) is 45.5 Å². The number of amides is 2. The first-order valence-electron chi connectivity index (χ1n) is 12.5. The molecule has 3 saturated carbocycles. The Morgan fingerprint density at radius 1 is 1.00 bits per heavy atom. The minimum Gasteiger partial charge on any atom is -0.496 e. The number of hydrogen-bond acceptors (Lipinski definition) is 5. The van der Waals surface area contributed by atoms with Crippen LogP contribution in [0.5, 0.6) is 5.75 Å². The molecule has 4 N–H and O–H groups in total. The molecule has 2 bridgehead atoms. The number of aryl methyl sites for hydroxylation is 1. The Hall–Kier alpha value is -4.26. The van der Waals surface area contributed by atoms with Crippen LogP contribution in [-0.2, 0) is 0 Å². The number of nitrogens with two attached hydrogens (primary N) is 1. The smallest absolute Gasteiger partial charge is 0.255 e. The summed E-state index contributed by atoms with van der Waals surface area (Å²) in [5.41, 5.74) is 11.7. The number of hydrogen-bond donors (Lipinski definition) is 3. The van der Waals surface area contributed by atoms with Crippen molar-refractivity contribution in [3.8, 4) is 28.2 Å². The number of carbonyl (C=O) groups is 2. The molecule has 3 aromatic carbocycles. The molecule has 0 aliphatic heterocycles. The number of benzene rings is 3. The molecule has 1 aromatic heterocycles. The minimum absolute atomic E-state index is 0.0493. The Balaban J connectivity index is 1.46. The highest BCUT2D eigenvalue weighted by Crippen LogP contribution is 2.57. The van der Waals surface area contributed by atoms with Crippen molar-refractivity contribution in [2.45, 2.75) is 31.7 Å². The van der Waals surface area contributed by atoms with Gasteiger partial charge < -0.3 is 25.5 Å². The van der Waals surface area contributed by atoms with E-state index >= 15 is 0 Å². The van der Waals surface area contributed by atoms with Crippen LogP contribution in [0.15, 0.2) is 59.0 Å². The van der Waals surface area contributed by atoms with Gasteiger partial charge in [0.25, 0.3) is 11.8 Å². The summed E-state index contributed by atoms with van der Waals surface area (Å²) in [5.74, 6) is 1.35. The molecule has 0 spiro atoms. The van der Waals surface area contributed by atoms with Gasteiger partial charge in [0.1, 0.15) is 17.1 Å². The molecule has 3 aliphatic rings. The molecular formula is C30H29N3O4. The van der Waals surface area contributed by atoms with Crippen molar-refractivity contribution in [1.29, 1.82) is 0 Å². The quantitative estimate of drug-likeness (QED) is 0.315. The molecule has 2 amide bonds. The Labute approximate surface area is 215 Å². The van der Waals surface area contributed by atoms with E-state index in [1.165, 1.54) is 0 Å². The van der Waals surface area contributed by atoms with Gasteiger partial charge in [0.2, 0.25) is 0 Å². The topological polar surface area (TPSA) is 107 Å². The molecule has 0 atom stereocenters. The number of fused-ring (bicyclic) bond motifs is 1. The normalized spacial score (nSPS) is 19.6. The minimum atomic E-state index is -0.251. The summed E-state index contributed by atoms with van der Waals surface area (Å²) in [4.78, 5) is 26.2. The van der Waals surface area contributed by atoms with Crippen molar-refractivity contribution in [2.24, 2.45) is 5.92 Å². The number of nitrogen functional groups attached to an aromatic ring is 1. The first-order valence-corrected chi connectivity index (χ1v) is 12.5. The largest absolute Gasteiger partial charge is 0.496 e.